The van der Waals surface area contributed by atoms with Gasteiger partial charge >= 0.3 is 0 Å². The van der Waals surface area contributed by atoms with Crippen molar-refractivity contribution in [3.05, 3.63) is 34.9 Å². The molecule has 1 aromatic carbocycles. The summed E-state index contributed by atoms with van der Waals surface area (Å²) in [5, 5.41) is 11.0. The Morgan fingerprint density at radius 2 is 1.88 bits per heavy atom. The summed E-state index contributed by atoms with van der Waals surface area (Å²) in [6, 6.07) is 7.63. The molecule has 2 aliphatic heterocycles. The van der Waals surface area contributed by atoms with Crippen LogP contribution < -0.4 is 9.80 Å². The summed E-state index contributed by atoms with van der Waals surface area (Å²) in [4.78, 5) is 3.14. The molecular formula is C19H31ClN2O3+2. The van der Waals surface area contributed by atoms with Gasteiger partial charge in [-0.2, -0.15) is 0 Å². The first-order valence-corrected chi connectivity index (χ1v) is 9.86. The van der Waals surface area contributed by atoms with Gasteiger partial charge in [0, 0.05) is 11.6 Å². The van der Waals surface area contributed by atoms with Gasteiger partial charge in [-0.15, -0.1) is 0 Å². The van der Waals surface area contributed by atoms with Gasteiger partial charge in [-0.1, -0.05) is 23.7 Å². The summed E-state index contributed by atoms with van der Waals surface area (Å²) in [7, 11) is 0. The minimum Gasteiger partial charge on any atom is -0.385 e. The Hall–Kier alpha value is -0.690. The van der Waals surface area contributed by atoms with E-state index in [0.717, 1.165) is 43.4 Å². The lowest BCUT2D eigenvalue weighted by Crippen LogP contribution is -3.28. The largest absolute Gasteiger partial charge is 0.385 e. The summed E-state index contributed by atoms with van der Waals surface area (Å²) in [5.74, 6) is 0. The van der Waals surface area contributed by atoms with Crippen molar-refractivity contribution in [1.29, 1.82) is 0 Å². The lowest BCUT2D eigenvalue weighted by Gasteiger charge is -2.31. The van der Waals surface area contributed by atoms with Crippen molar-refractivity contribution in [2.75, 3.05) is 52.5 Å². The number of benzene rings is 1. The van der Waals surface area contributed by atoms with Crippen LogP contribution in [0.4, 0.5) is 0 Å². The van der Waals surface area contributed by atoms with Crippen molar-refractivity contribution >= 4 is 11.6 Å². The van der Waals surface area contributed by atoms with E-state index < -0.39 is 6.10 Å². The summed E-state index contributed by atoms with van der Waals surface area (Å²) >= 11 is 5.87. The molecule has 140 valence electrons. The van der Waals surface area contributed by atoms with Gasteiger partial charge in [0.2, 0.25) is 0 Å². The molecule has 0 radical (unpaired) electrons. The van der Waals surface area contributed by atoms with Crippen LogP contribution in [0, 0.1) is 0 Å². The maximum absolute atomic E-state index is 10.2. The van der Waals surface area contributed by atoms with Crippen LogP contribution in [-0.4, -0.2) is 69.8 Å². The van der Waals surface area contributed by atoms with E-state index in [4.69, 9.17) is 21.1 Å². The number of piperazine rings is 1. The van der Waals surface area contributed by atoms with E-state index in [1.807, 2.05) is 24.3 Å². The summed E-state index contributed by atoms with van der Waals surface area (Å²) < 4.78 is 11.4. The highest BCUT2D eigenvalue weighted by atomic mass is 35.5. The standard InChI is InChI=1S/C19H29ClN2O3/c20-17-5-3-16(4-6-17)14-24-15-18(23)12-21-7-9-22(10-8-21)13-19-2-1-11-25-19/h3-6,18-19,23H,1-2,7-15H2/p+2/t18-,19+/m0/s1. The molecule has 0 amide bonds. The fraction of sp³-hybridized carbons (Fsp3) is 0.684. The van der Waals surface area contributed by atoms with Gasteiger partial charge in [-0.3, -0.25) is 0 Å². The molecule has 3 N–H and O–H groups in total. The van der Waals surface area contributed by atoms with Crippen LogP contribution in [0.25, 0.3) is 0 Å². The summed E-state index contributed by atoms with van der Waals surface area (Å²) in [6.07, 6.45) is 2.52. The maximum atomic E-state index is 10.2. The third kappa shape index (κ3) is 6.51. The number of ether oxygens (including phenoxy) is 2. The van der Waals surface area contributed by atoms with E-state index in [2.05, 4.69) is 0 Å². The molecule has 2 saturated heterocycles. The summed E-state index contributed by atoms with van der Waals surface area (Å²) in [5.41, 5.74) is 1.08. The zero-order valence-electron chi connectivity index (χ0n) is 14.9. The van der Waals surface area contributed by atoms with Crippen LogP contribution in [0.15, 0.2) is 24.3 Å². The molecule has 0 aliphatic carbocycles. The number of aliphatic hydroxyl groups is 1. The van der Waals surface area contributed by atoms with E-state index in [1.165, 1.54) is 30.8 Å². The van der Waals surface area contributed by atoms with E-state index >= 15 is 0 Å². The van der Waals surface area contributed by atoms with E-state index in [1.54, 1.807) is 4.90 Å². The second kappa shape index (κ2) is 9.86. The predicted molar refractivity (Wildman–Crippen MR) is 97.2 cm³/mol. The summed E-state index contributed by atoms with van der Waals surface area (Å²) in [6.45, 7) is 8.36. The monoisotopic (exact) mass is 370 g/mol. The number of hydrogen-bond acceptors (Lipinski definition) is 3. The Morgan fingerprint density at radius 3 is 2.56 bits per heavy atom. The van der Waals surface area contributed by atoms with Crippen LogP contribution >= 0.6 is 11.6 Å². The van der Waals surface area contributed by atoms with Gasteiger partial charge in [0.25, 0.3) is 0 Å². The lowest BCUT2D eigenvalue weighted by molar-refractivity contribution is -1.01. The zero-order valence-corrected chi connectivity index (χ0v) is 15.6. The fourth-order valence-electron chi connectivity index (χ4n) is 3.78. The number of nitrogens with one attached hydrogen (secondary N) is 2. The molecule has 0 aromatic heterocycles. The quantitative estimate of drug-likeness (QED) is 0.560. The normalized spacial score (nSPS) is 28.2. The van der Waals surface area contributed by atoms with Crippen molar-refractivity contribution < 1.29 is 24.4 Å². The Balaban J connectivity index is 1.28. The third-order valence-electron chi connectivity index (χ3n) is 5.22. The molecule has 2 heterocycles. The molecule has 6 heteroatoms. The highest BCUT2D eigenvalue weighted by Crippen LogP contribution is 2.10. The average molecular weight is 371 g/mol. The van der Waals surface area contributed by atoms with Gasteiger partial charge in [0.15, 0.2) is 0 Å². The zero-order chi connectivity index (χ0) is 17.5. The smallest absolute Gasteiger partial charge is 0.127 e. The Bertz CT molecular complexity index is 500. The SMILES string of the molecule is O[C@H](COCc1ccc(Cl)cc1)C[NH+]1CC[NH+](C[C@H]2CCCO2)CC1. The predicted octanol–water partition coefficient (Wildman–Crippen LogP) is -0.820. The minimum atomic E-state index is -0.401. The third-order valence-corrected chi connectivity index (χ3v) is 5.47. The van der Waals surface area contributed by atoms with E-state index in [0.29, 0.717) is 19.3 Å². The van der Waals surface area contributed by atoms with E-state index in [9.17, 15) is 5.11 Å². The topological polar surface area (TPSA) is 47.6 Å². The Morgan fingerprint density at radius 1 is 1.16 bits per heavy atom. The molecule has 2 atom stereocenters. The molecule has 0 spiro atoms. The molecule has 0 unspecified atom stereocenters. The molecule has 2 fully saturated rings. The second-order valence-corrected chi connectivity index (χ2v) is 7.78. The first-order valence-electron chi connectivity index (χ1n) is 9.48. The molecule has 5 nitrogen and oxygen atoms in total. The first-order chi connectivity index (χ1) is 12.2. The second-order valence-electron chi connectivity index (χ2n) is 7.34. The van der Waals surface area contributed by atoms with Crippen LogP contribution in [-0.2, 0) is 16.1 Å². The Labute approximate surface area is 155 Å². The molecular weight excluding hydrogens is 340 g/mol. The molecule has 3 rings (SSSR count). The van der Waals surface area contributed by atoms with Gasteiger partial charge < -0.3 is 24.4 Å². The van der Waals surface area contributed by atoms with Crippen molar-refractivity contribution in [3.8, 4) is 0 Å². The first kappa shape index (κ1) is 19.1. The van der Waals surface area contributed by atoms with Gasteiger partial charge in [0.1, 0.15) is 51.5 Å². The highest BCUT2D eigenvalue weighted by Gasteiger charge is 2.28. The number of rotatable bonds is 8. The number of quaternary nitrogens is 2. The maximum Gasteiger partial charge on any atom is 0.127 e. The minimum absolute atomic E-state index is 0.388. The number of hydrogen-bond donors (Lipinski definition) is 3. The Kier molecular flexibility index (Phi) is 7.52. The van der Waals surface area contributed by atoms with Crippen LogP contribution in [0.1, 0.15) is 18.4 Å². The van der Waals surface area contributed by atoms with Crippen molar-refractivity contribution in [1.82, 2.24) is 0 Å². The molecule has 0 bridgehead atoms. The highest BCUT2D eigenvalue weighted by molar-refractivity contribution is 6.30. The fourth-order valence-corrected chi connectivity index (χ4v) is 3.90. The van der Waals surface area contributed by atoms with Gasteiger partial charge in [-0.05, 0) is 30.5 Å². The average Bonchev–Trinajstić information content (AvgIpc) is 3.11. The van der Waals surface area contributed by atoms with Crippen molar-refractivity contribution in [2.24, 2.45) is 0 Å². The molecule has 25 heavy (non-hydrogen) atoms. The molecule has 0 saturated carbocycles. The molecule has 1 aromatic rings. The van der Waals surface area contributed by atoms with E-state index in [-0.39, 0.29) is 0 Å². The van der Waals surface area contributed by atoms with Gasteiger partial charge in [-0.25, -0.2) is 0 Å². The van der Waals surface area contributed by atoms with Crippen molar-refractivity contribution in [3.63, 3.8) is 0 Å². The van der Waals surface area contributed by atoms with Gasteiger partial charge in [0.05, 0.1) is 13.2 Å². The number of halogens is 1. The molecule has 2 aliphatic rings. The van der Waals surface area contributed by atoms with Crippen molar-refractivity contribution in [2.45, 2.75) is 31.7 Å². The van der Waals surface area contributed by atoms with Crippen LogP contribution in [0.3, 0.4) is 0 Å². The number of aliphatic hydroxyl groups excluding tert-OH is 1. The van der Waals surface area contributed by atoms with Crippen LogP contribution in [0.2, 0.25) is 5.02 Å². The lowest BCUT2D eigenvalue weighted by atomic mass is 10.2. The van der Waals surface area contributed by atoms with Crippen LogP contribution in [0.5, 0.6) is 0 Å².